The van der Waals surface area contributed by atoms with E-state index < -0.39 is 0 Å². The van der Waals surface area contributed by atoms with E-state index in [0.29, 0.717) is 0 Å². The van der Waals surface area contributed by atoms with Gasteiger partial charge in [0.15, 0.2) is 0 Å². The molecule has 2 N–H and O–H groups in total. The van der Waals surface area contributed by atoms with Gasteiger partial charge in [0.05, 0.1) is 5.03 Å². The maximum absolute atomic E-state index is 13.5. The highest BCUT2D eigenvalue weighted by atomic mass is 32.2. The van der Waals surface area contributed by atoms with Gasteiger partial charge in [-0.25, -0.2) is 4.39 Å². The van der Waals surface area contributed by atoms with Crippen molar-refractivity contribution in [3.63, 3.8) is 0 Å². The Morgan fingerprint density at radius 1 is 1.14 bits per heavy atom. The lowest BCUT2D eigenvalue weighted by Gasteiger charge is -2.15. The Bertz CT molecular complexity index is 733. The van der Waals surface area contributed by atoms with Crippen LogP contribution in [0.1, 0.15) is 18.5 Å². The topological polar surface area (TPSA) is 27.8 Å². The van der Waals surface area contributed by atoms with E-state index >= 15 is 0 Å². The summed E-state index contributed by atoms with van der Waals surface area (Å²) in [4.78, 5) is 4.45. The van der Waals surface area contributed by atoms with Crippen molar-refractivity contribution in [1.29, 1.82) is 0 Å². The summed E-state index contributed by atoms with van der Waals surface area (Å²) in [6.45, 7) is 2.03. The van der Waals surface area contributed by atoms with Gasteiger partial charge in [0.25, 0.3) is 0 Å². The third-order valence-corrected chi connectivity index (χ3v) is 4.63. The smallest absolute Gasteiger partial charge is 0.123 e. The monoisotopic (exact) mass is 300 g/mol. The van der Waals surface area contributed by atoms with Gasteiger partial charge < -0.3 is 10.3 Å². The first kappa shape index (κ1) is 14.2. The van der Waals surface area contributed by atoms with Crippen LogP contribution < -0.4 is 5.32 Å². The highest BCUT2D eigenvalue weighted by molar-refractivity contribution is 7.99. The summed E-state index contributed by atoms with van der Waals surface area (Å²) in [7, 11) is 1.88. The normalized spacial score (nSPS) is 12.7. The number of nitrogens with one attached hydrogen (secondary N) is 2. The lowest BCUT2D eigenvalue weighted by molar-refractivity contribution is 0.601. The lowest BCUT2D eigenvalue weighted by Crippen LogP contribution is -2.13. The number of halogens is 1. The first-order chi connectivity index (χ1) is 10.2. The zero-order valence-electron chi connectivity index (χ0n) is 12.0. The number of benzene rings is 2. The Hall–Kier alpha value is -1.78. The highest BCUT2D eigenvalue weighted by Crippen LogP contribution is 2.34. The molecule has 3 rings (SSSR count). The number of hydrogen-bond donors (Lipinski definition) is 2. The van der Waals surface area contributed by atoms with Crippen LogP contribution in [0.3, 0.4) is 0 Å². The van der Waals surface area contributed by atoms with E-state index in [1.54, 1.807) is 17.8 Å². The van der Waals surface area contributed by atoms with Crippen LogP contribution in [0.15, 0.2) is 58.5 Å². The quantitative estimate of drug-likeness (QED) is 0.728. The van der Waals surface area contributed by atoms with Gasteiger partial charge in [-0.05, 0) is 49.9 Å². The maximum atomic E-state index is 13.5. The van der Waals surface area contributed by atoms with Gasteiger partial charge >= 0.3 is 0 Å². The van der Waals surface area contributed by atoms with Crippen LogP contribution in [0.5, 0.6) is 0 Å². The molecule has 0 amide bonds. The lowest BCUT2D eigenvalue weighted by atomic mass is 10.1. The van der Waals surface area contributed by atoms with Crippen molar-refractivity contribution in [1.82, 2.24) is 10.3 Å². The summed E-state index contributed by atoms with van der Waals surface area (Å²) in [5.74, 6) is -0.201. The molecule has 0 aliphatic carbocycles. The molecule has 1 heterocycles. The third-order valence-electron chi connectivity index (χ3n) is 3.60. The summed E-state index contributed by atoms with van der Waals surface area (Å²) in [6, 6.07) is 15.4. The number of hydrogen-bond acceptors (Lipinski definition) is 2. The standard InChI is InChI=1S/C17H17FN2S/c1-11(19-2)14-10-13(18)7-8-16(14)21-17-9-12-5-3-4-6-15(12)20-17/h3-11,19-20H,1-2H3. The average Bonchev–Trinajstić information content (AvgIpc) is 2.90. The molecule has 108 valence electrons. The number of aromatic amines is 1. The number of rotatable bonds is 4. The molecule has 0 saturated carbocycles. The van der Waals surface area contributed by atoms with Crippen LogP contribution in [-0.4, -0.2) is 12.0 Å². The van der Waals surface area contributed by atoms with Gasteiger partial charge in [-0.15, -0.1) is 0 Å². The number of para-hydroxylation sites is 1. The minimum absolute atomic E-state index is 0.104. The molecule has 0 aliphatic rings. The molecule has 4 heteroatoms. The van der Waals surface area contributed by atoms with Crippen LogP contribution in [0, 0.1) is 5.82 Å². The second-order valence-electron chi connectivity index (χ2n) is 5.02. The van der Waals surface area contributed by atoms with E-state index in [4.69, 9.17) is 0 Å². The van der Waals surface area contributed by atoms with Crippen LogP contribution in [0.2, 0.25) is 0 Å². The van der Waals surface area contributed by atoms with Crippen molar-refractivity contribution < 1.29 is 4.39 Å². The Morgan fingerprint density at radius 3 is 2.71 bits per heavy atom. The first-order valence-corrected chi connectivity index (χ1v) is 7.71. The Labute approximate surface area is 127 Å². The molecule has 2 nitrogen and oxygen atoms in total. The molecule has 1 unspecified atom stereocenters. The number of aromatic nitrogens is 1. The fraction of sp³-hybridized carbons (Fsp3) is 0.176. The van der Waals surface area contributed by atoms with Crippen molar-refractivity contribution in [3.05, 3.63) is 59.9 Å². The predicted octanol–water partition coefficient (Wildman–Crippen LogP) is 4.74. The molecule has 1 atom stereocenters. The van der Waals surface area contributed by atoms with E-state index in [9.17, 15) is 4.39 Å². The number of fused-ring (bicyclic) bond motifs is 1. The Kier molecular flexibility index (Phi) is 3.99. The molecule has 21 heavy (non-hydrogen) atoms. The molecule has 0 radical (unpaired) electrons. The third kappa shape index (κ3) is 2.96. The molecular formula is C17H17FN2S. The van der Waals surface area contributed by atoms with Crippen LogP contribution in [-0.2, 0) is 0 Å². The first-order valence-electron chi connectivity index (χ1n) is 6.89. The SMILES string of the molecule is CNC(C)c1cc(F)ccc1Sc1cc2ccccc2[nH]1. The second-order valence-corrected chi connectivity index (χ2v) is 6.10. The van der Waals surface area contributed by atoms with Gasteiger partial charge in [-0.1, -0.05) is 30.0 Å². The predicted molar refractivity (Wildman–Crippen MR) is 86.3 cm³/mol. The second kappa shape index (κ2) is 5.92. The molecular weight excluding hydrogens is 283 g/mol. The van der Waals surface area contributed by atoms with Gasteiger partial charge in [-0.2, -0.15) is 0 Å². The fourth-order valence-electron chi connectivity index (χ4n) is 2.33. The molecule has 2 aromatic carbocycles. The zero-order valence-corrected chi connectivity index (χ0v) is 12.8. The molecule has 1 aromatic heterocycles. The molecule has 3 aromatic rings. The van der Waals surface area contributed by atoms with E-state index in [1.165, 1.54) is 11.5 Å². The minimum atomic E-state index is -0.201. The summed E-state index contributed by atoms with van der Waals surface area (Å²) < 4.78 is 13.5. The molecule has 0 aliphatic heterocycles. The van der Waals surface area contributed by atoms with Gasteiger partial charge in [0, 0.05) is 21.8 Å². The molecule has 0 bridgehead atoms. The van der Waals surface area contributed by atoms with Gasteiger partial charge in [-0.3, -0.25) is 0 Å². The fourth-order valence-corrected chi connectivity index (χ4v) is 3.40. The zero-order chi connectivity index (χ0) is 14.8. The van der Waals surface area contributed by atoms with E-state index in [-0.39, 0.29) is 11.9 Å². The van der Waals surface area contributed by atoms with Crippen LogP contribution in [0.25, 0.3) is 10.9 Å². The Balaban J connectivity index is 1.97. The van der Waals surface area contributed by atoms with E-state index in [2.05, 4.69) is 28.5 Å². The van der Waals surface area contributed by atoms with Crippen molar-refractivity contribution in [2.45, 2.75) is 22.9 Å². The van der Waals surface area contributed by atoms with Crippen molar-refractivity contribution in [2.24, 2.45) is 0 Å². The van der Waals surface area contributed by atoms with Crippen LogP contribution >= 0.6 is 11.8 Å². The Morgan fingerprint density at radius 2 is 1.95 bits per heavy atom. The highest BCUT2D eigenvalue weighted by Gasteiger charge is 2.12. The summed E-state index contributed by atoms with van der Waals surface area (Å²) in [5, 5.41) is 5.42. The van der Waals surface area contributed by atoms with Crippen molar-refractivity contribution in [2.75, 3.05) is 7.05 Å². The van der Waals surface area contributed by atoms with Crippen LogP contribution in [0.4, 0.5) is 4.39 Å². The molecule has 0 fully saturated rings. The summed E-state index contributed by atoms with van der Waals surface area (Å²) in [6.07, 6.45) is 0. The van der Waals surface area contributed by atoms with Gasteiger partial charge in [0.1, 0.15) is 5.82 Å². The van der Waals surface area contributed by atoms with E-state index in [1.807, 2.05) is 32.2 Å². The van der Waals surface area contributed by atoms with Crippen molar-refractivity contribution in [3.8, 4) is 0 Å². The van der Waals surface area contributed by atoms with E-state index in [0.717, 1.165) is 21.0 Å². The molecule has 0 saturated heterocycles. The summed E-state index contributed by atoms with van der Waals surface area (Å²) in [5.41, 5.74) is 2.09. The average molecular weight is 300 g/mol. The van der Waals surface area contributed by atoms with Gasteiger partial charge in [0.2, 0.25) is 0 Å². The largest absolute Gasteiger partial charge is 0.349 e. The minimum Gasteiger partial charge on any atom is -0.349 e. The van der Waals surface area contributed by atoms with Crippen molar-refractivity contribution >= 4 is 22.7 Å². The maximum Gasteiger partial charge on any atom is 0.123 e. The molecule has 0 spiro atoms. The number of H-pyrrole nitrogens is 1. The summed E-state index contributed by atoms with van der Waals surface area (Å²) >= 11 is 1.63.